The van der Waals surface area contributed by atoms with Crippen molar-refractivity contribution in [3.05, 3.63) is 0 Å². The molecule has 4 rings (SSSR count). The molecule has 0 aromatic carbocycles. The van der Waals surface area contributed by atoms with Crippen molar-refractivity contribution in [1.82, 2.24) is 5.48 Å². The molecule has 0 aromatic rings. The van der Waals surface area contributed by atoms with Crippen LogP contribution in [0.25, 0.3) is 0 Å². The standard InChI is InChI=1S/C34H60N2O9/c1-8-24-26-17-23(42-19-38-5)15-16-33(26,3)27-18-28(43-20-39-6)34(4)22(11-10-12-29(35)36-45-32(37)41-9-2)13-14-25(34)30(27)31(24)44-21-40-7/h22-28,30-31H,8-21H2,1-7H3,(H2,35,36)/t22-,23+,24+,25?,26-,27?,28-,30?,31+,33-,34+/m0/s1. The Morgan fingerprint density at radius 1 is 0.889 bits per heavy atom. The van der Waals surface area contributed by atoms with Gasteiger partial charge in [-0.1, -0.05) is 27.2 Å². The van der Waals surface area contributed by atoms with Gasteiger partial charge in [0.1, 0.15) is 26.2 Å². The third-order valence-corrected chi connectivity index (χ3v) is 12.3. The molecule has 260 valence electrons. The Labute approximate surface area is 270 Å². The number of ether oxygens (including phenoxy) is 7. The highest BCUT2D eigenvalue weighted by Gasteiger charge is 2.67. The van der Waals surface area contributed by atoms with Crippen LogP contribution < -0.4 is 5.48 Å². The quantitative estimate of drug-likeness (QED) is 0.0693. The Hall–Kier alpha value is -1.50. The van der Waals surface area contributed by atoms with Crippen molar-refractivity contribution in [3.63, 3.8) is 0 Å². The molecule has 11 atom stereocenters. The molecule has 0 radical (unpaired) electrons. The zero-order valence-corrected chi connectivity index (χ0v) is 28.8. The number of hydrogen-bond donors (Lipinski definition) is 2. The molecule has 45 heavy (non-hydrogen) atoms. The monoisotopic (exact) mass is 640 g/mol. The van der Waals surface area contributed by atoms with Gasteiger partial charge >= 0.3 is 6.16 Å². The molecule has 0 amide bonds. The van der Waals surface area contributed by atoms with Crippen LogP contribution in [0.1, 0.15) is 91.9 Å². The topological polar surface area (TPSA) is 127 Å². The largest absolute Gasteiger partial charge is 0.533 e. The van der Waals surface area contributed by atoms with Gasteiger partial charge in [0.15, 0.2) is 0 Å². The van der Waals surface area contributed by atoms with E-state index in [2.05, 4.69) is 26.3 Å². The van der Waals surface area contributed by atoms with Crippen LogP contribution in [0, 0.1) is 51.7 Å². The highest BCUT2D eigenvalue weighted by Crippen LogP contribution is 2.70. The first-order chi connectivity index (χ1) is 21.7. The summed E-state index contributed by atoms with van der Waals surface area (Å²) in [5.74, 6) is 2.85. The second-order valence-electron chi connectivity index (χ2n) is 14.2. The van der Waals surface area contributed by atoms with Gasteiger partial charge in [-0.05, 0) is 105 Å². The summed E-state index contributed by atoms with van der Waals surface area (Å²) < 4.78 is 40.7. The smallest absolute Gasteiger partial charge is 0.433 e. The van der Waals surface area contributed by atoms with Gasteiger partial charge in [-0.15, -0.1) is 0 Å². The molecule has 0 heterocycles. The number of hydroxylamine groups is 1. The molecule has 2 N–H and O–H groups in total. The summed E-state index contributed by atoms with van der Waals surface area (Å²) in [5, 5.41) is 8.23. The van der Waals surface area contributed by atoms with Crippen molar-refractivity contribution in [2.24, 2.45) is 46.3 Å². The minimum absolute atomic E-state index is 0.0499. The molecule has 0 spiro atoms. The van der Waals surface area contributed by atoms with Gasteiger partial charge in [-0.2, -0.15) is 0 Å². The number of fused-ring (bicyclic) bond motifs is 5. The van der Waals surface area contributed by atoms with Gasteiger partial charge in [-0.25, -0.2) is 10.3 Å². The van der Waals surface area contributed by atoms with E-state index >= 15 is 0 Å². The molecule has 4 aliphatic carbocycles. The van der Waals surface area contributed by atoms with Crippen LogP contribution in [0.5, 0.6) is 0 Å². The lowest BCUT2D eigenvalue weighted by Gasteiger charge is -2.66. The number of amidine groups is 1. The molecule has 0 saturated heterocycles. The second-order valence-corrected chi connectivity index (χ2v) is 14.2. The molecule has 0 aliphatic heterocycles. The van der Waals surface area contributed by atoms with E-state index in [1.54, 1.807) is 28.3 Å². The van der Waals surface area contributed by atoms with Crippen molar-refractivity contribution in [3.8, 4) is 0 Å². The Morgan fingerprint density at radius 3 is 2.29 bits per heavy atom. The first-order valence-corrected chi connectivity index (χ1v) is 17.2. The highest BCUT2D eigenvalue weighted by atomic mass is 16.8. The first-order valence-electron chi connectivity index (χ1n) is 17.2. The van der Waals surface area contributed by atoms with Crippen LogP contribution in [-0.4, -0.2) is 78.6 Å². The molecular formula is C34H60N2O9. The highest BCUT2D eigenvalue weighted by molar-refractivity contribution is 5.79. The van der Waals surface area contributed by atoms with E-state index in [1.807, 2.05) is 0 Å². The normalized spacial score (nSPS) is 39.0. The number of hydrogen-bond acceptors (Lipinski definition) is 10. The van der Waals surface area contributed by atoms with E-state index in [9.17, 15) is 4.79 Å². The fourth-order valence-electron chi connectivity index (χ4n) is 10.4. The minimum atomic E-state index is -0.821. The molecule has 11 heteroatoms. The van der Waals surface area contributed by atoms with Gasteiger partial charge in [0.2, 0.25) is 0 Å². The van der Waals surface area contributed by atoms with Crippen molar-refractivity contribution >= 4 is 12.0 Å². The predicted octanol–water partition coefficient (Wildman–Crippen LogP) is 6.29. The second kappa shape index (κ2) is 16.6. The summed E-state index contributed by atoms with van der Waals surface area (Å²) in [6.07, 6.45) is 9.38. The van der Waals surface area contributed by atoms with E-state index < -0.39 is 6.16 Å². The lowest BCUT2D eigenvalue weighted by Crippen LogP contribution is -2.65. The lowest BCUT2D eigenvalue weighted by molar-refractivity contribution is -0.265. The number of methoxy groups -OCH3 is 3. The average molecular weight is 641 g/mol. The van der Waals surface area contributed by atoms with Gasteiger partial charge in [0.25, 0.3) is 0 Å². The van der Waals surface area contributed by atoms with Crippen LogP contribution >= 0.6 is 0 Å². The maximum atomic E-state index is 11.5. The minimum Gasteiger partial charge on any atom is -0.433 e. The van der Waals surface area contributed by atoms with Gasteiger partial charge < -0.3 is 38.0 Å². The molecule has 4 saturated carbocycles. The van der Waals surface area contributed by atoms with E-state index in [1.165, 1.54) is 0 Å². The maximum Gasteiger partial charge on any atom is 0.533 e. The third-order valence-electron chi connectivity index (χ3n) is 12.3. The van der Waals surface area contributed by atoms with Crippen LogP contribution in [0.2, 0.25) is 0 Å². The van der Waals surface area contributed by atoms with E-state index in [0.29, 0.717) is 55.5 Å². The Bertz CT molecular complexity index is 955. The van der Waals surface area contributed by atoms with E-state index in [4.69, 9.17) is 43.4 Å². The Balaban J connectivity index is 1.58. The summed E-state index contributed by atoms with van der Waals surface area (Å²) >= 11 is 0. The molecule has 3 unspecified atom stereocenters. The summed E-state index contributed by atoms with van der Waals surface area (Å²) in [4.78, 5) is 16.3. The predicted molar refractivity (Wildman–Crippen MR) is 168 cm³/mol. The van der Waals surface area contributed by atoms with Gasteiger partial charge in [-0.3, -0.25) is 5.41 Å². The van der Waals surface area contributed by atoms with Gasteiger partial charge in [0.05, 0.1) is 24.9 Å². The molecule has 0 bridgehead atoms. The first kappa shape index (κ1) is 36.3. The number of rotatable bonds is 15. The van der Waals surface area contributed by atoms with Crippen LogP contribution in [0.3, 0.4) is 0 Å². The number of nitrogens with one attached hydrogen (secondary N) is 2. The number of carbonyl (C=O) groups is 1. The molecular weight excluding hydrogens is 580 g/mol. The molecule has 4 fully saturated rings. The van der Waals surface area contributed by atoms with Crippen LogP contribution in [0.4, 0.5) is 4.79 Å². The summed E-state index contributed by atoms with van der Waals surface area (Å²) in [7, 11) is 5.11. The zero-order valence-electron chi connectivity index (χ0n) is 28.8. The van der Waals surface area contributed by atoms with Crippen molar-refractivity contribution in [2.45, 2.75) is 110 Å². The fourth-order valence-corrected chi connectivity index (χ4v) is 10.4. The van der Waals surface area contributed by atoms with Crippen LogP contribution in [-0.2, 0) is 38.0 Å². The van der Waals surface area contributed by atoms with E-state index in [0.717, 1.165) is 57.8 Å². The maximum absolute atomic E-state index is 11.5. The molecule has 0 aromatic heterocycles. The SMILES string of the molecule is CCOC(=O)ONC(=N)CCC[C@H]1CCC2C3C(C[C@H](OCOC)[C@@]21C)[C@@]1(C)CC[C@@H](OCOC)C[C@H]1[C@@H](CC)[C@H]3OCOC. The third kappa shape index (κ3) is 7.64. The van der Waals surface area contributed by atoms with Crippen molar-refractivity contribution in [1.29, 1.82) is 5.41 Å². The summed E-state index contributed by atoms with van der Waals surface area (Å²) in [5.41, 5.74) is 2.55. The van der Waals surface area contributed by atoms with Crippen molar-refractivity contribution in [2.75, 3.05) is 48.3 Å². The zero-order chi connectivity index (χ0) is 32.6. The van der Waals surface area contributed by atoms with Crippen LogP contribution in [0.15, 0.2) is 0 Å². The molecule has 4 aliphatic rings. The Morgan fingerprint density at radius 2 is 1.60 bits per heavy atom. The fraction of sp³-hybridized carbons (Fsp3) is 0.941. The van der Waals surface area contributed by atoms with E-state index in [-0.39, 0.29) is 48.4 Å². The van der Waals surface area contributed by atoms with Crippen molar-refractivity contribution < 1.29 is 42.8 Å². The summed E-state index contributed by atoms with van der Waals surface area (Å²) in [6.45, 7) is 10.2. The lowest BCUT2D eigenvalue weighted by atomic mass is 9.41. The molecule has 11 nitrogen and oxygen atoms in total. The van der Waals surface area contributed by atoms with Gasteiger partial charge in [0, 0.05) is 27.8 Å². The Kier molecular flexibility index (Phi) is 13.4. The summed E-state index contributed by atoms with van der Waals surface area (Å²) in [6, 6.07) is 0. The number of carbonyl (C=O) groups excluding carboxylic acids is 1. The average Bonchev–Trinajstić information content (AvgIpc) is 3.37.